The highest BCUT2D eigenvalue weighted by Crippen LogP contribution is 2.35. The van der Waals surface area contributed by atoms with Gasteiger partial charge in [0.05, 0.1) is 13.7 Å². The first-order valence-electron chi connectivity index (χ1n) is 9.73. The minimum absolute atomic E-state index is 0.0118. The summed E-state index contributed by atoms with van der Waals surface area (Å²) >= 11 is 0. The van der Waals surface area contributed by atoms with Crippen molar-refractivity contribution in [1.82, 2.24) is 10.3 Å². The average molecular weight is 392 g/mol. The Morgan fingerprint density at radius 2 is 2.14 bits per heavy atom. The molecule has 0 bridgehead atoms. The highest BCUT2D eigenvalue weighted by atomic mass is 16.5. The highest BCUT2D eigenvalue weighted by molar-refractivity contribution is 5.77. The molecule has 1 aromatic heterocycles. The molecule has 6 nitrogen and oxygen atoms in total. The van der Waals surface area contributed by atoms with Gasteiger partial charge in [0.2, 0.25) is 11.8 Å². The number of carbonyl (C=O) groups excluding carboxylic acids is 1. The number of nitrogens with one attached hydrogen (secondary N) is 1. The largest absolute Gasteiger partial charge is 0.504 e. The molecule has 1 unspecified atom stereocenters. The van der Waals surface area contributed by atoms with Crippen LogP contribution in [0, 0.1) is 6.92 Å². The first kappa shape index (κ1) is 19.1. The molecule has 1 amide bonds. The fraction of sp³-hybridized carbons (Fsp3) is 0.304. The third-order valence-corrected chi connectivity index (χ3v) is 5.46. The van der Waals surface area contributed by atoms with Crippen LogP contribution >= 0.6 is 0 Å². The summed E-state index contributed by atoms with van der Waals surface area (Å²) in [5.74, 6) is 1.74. The number of carbonyl (C=O) groups is 1. The van der Waals surface area contributed by atoms with E-state index in [0.717, 1.165) is 12.8 Å². The Kier molecular flexibility index (Phi) is 5.25. The molecule has 1 heterocycles. The number of rotatable bonds is 6. The normalized spacial score (nSPS) is 15.2. The van der Waals surface area contributed by atoms with Gasteiger partial charge in [0.1, 0.15) is 11.5 Å². The molecule has 1 aliphatic carbocycles. The van der Waals surface area contributed by atoms with E-state index in [9.17, 15) is 9.90 Å². The molecule has 3 aromatic rings. The Morgan fingerprint density at radius 3 is 2.93 bits per heavy atom. The van der Waals surface area contributed by atoms with Gasteiger partial charge in [-0.15, -0.1) is 0 Å². The molecule has 29 heavy (non-hydrogen) atoms. The molecule has 150 valence electrons. The van der Waals surface area contributed by atoms with Crippen LogP contribution < -0.4 is 10.1 Å². The van der Waals surface area contributed by atoms with E-state index in [1.807, 2.05) is 13.0 Å². The molecule has 0 saturated carbocycles. The van der Waals surface area contributed by atoms with E-state index in [2.05, 4.69) is 28.5 Å². The predicted molar refractivity (Wildman–Crippen MR) is 109 cm³/mol. The third-order valence-electron chi connectivity index (χ3n) is 5.46. The topological polar surface area (TPSA) is 84.6 Å². The van der Waals surface area contributed by atoms with Crippen molar-refractivity contribution in [2.75, 3.05) is 7.11 Å². The number of aromatic hydroxyl groups is 1. The molecule has 1 aliphatic rings. The minimum Gasteiger partial charge on any atom is -0.504 e. The number of benzene rings is 2. The van der Waals surface area contributed by atoms with Crippen LogP contribution in [0.25, 0.3) is 11.5 Å². The quantitative estimate of drug-likeness (QED) is 0.660. The second-order valence-corrected chi connectivity index (χ2v) is 7.32. The number of hydrogen-bond acceptors (Lipinski definition) is 5. The molecule has 0 spiro atoms. The van der Waals surface area contributed by atoms with Gasteiger partial charge in [-0.05, 0) is 55.0 Å². The van der Waals surface area contributed by atoms with Crippen LogP contribution in [0.4, 0.5) is 0 Å². The molecule has 0 radical (unpaired) electrons. The van der Waals surface area contributed by atoms with Gasteiger partial charge in [0.25, 0.3) is 0 Å². The van der Waals surface area contributed by atoms with E-state index in [1.54, 1.807) is 18.2 Å². The molecule has 0 fully saturated rings. The SMILES string of the molecule is COc1ccc(-c2nc(CNC(=O)CC3CCc4ccccc43)c(C)o2)cc1O. The van der Waals surface area contributed by atoms with Crippen molar-refractivity contribution in [3.05, 3.63) is 65.0 Å². The van der Waals surface area contributed by atoms with Gasteiger partial charge in [-0.2, -0.15) is 0 Å². The summed E-state index contributed by atoms with van der Waals surface area (Å²) in [6.45, 7) is 2.12. The second-order valence-electron chi connectivity index (χ2n) is 7.32. The number of phenolic OH excluding ortho intramolecular Hbond substituents is 1. The summed E-state index contributed by atoms with van der Waals surface area (Å²) < 4.78 is 10.8. The Morgan fingerprint density at radius 1 is 1.31 bits per heavy atom. The number of amides is 1. The molecule has 0 aliphatic heterocycles. The average Bonchev–Trinajstić information content (AvgIpc) is 3.30. The van der Waals surface area contributed by atoms with Crippen LogP contribution in [0.15, 0.2) is 46.9 Å². The Balaban J connectivity index is 1.39. The van der Waals surface area contributed by atoms with Gasteiger partial charge in [0.15, 0.2) is 11.5 Å². The monoisotopic (exact) mass is 392 g/mol. The van der Waals surface area contributed by atoms with Gasteiger partial charge in [-0.25, -0.2) is 4.98 Å². The van der Waals surface area contributed by atoms with E-state index < -0.39 is 0 Å². The molecule has 1 atom stereocenters. The number of aromatic nitrogens is 1. The summed E-state index contributed by atoms with van der Waals surface area (Å²) in [7, 11) is 1.50. The van der Waals surface area contributed by atoms with E-state index >= 15 is 0 Å². The number of phenols is 1. The van der Waals surface area contributed by atoms with Crippen LogP contribution in [0.2, 0.25) is 0 Å². The molecular weight excluding hydrogens is 368 g/mol. The molecular formula is C23H24N2O4. The van der Waals surface area contributed by atoms with Crippen molar-refractivity contribution in [1.29, 1.82) is 0 Å². The minimum atomic E-state index is 0.0118. The number of ether oxygens (including phenoxy) is 1. The summed E-state index contributed by atoms with van der Waals surface area (Å²) in [5.41, 5.74) is 3.97. The molecule has 0 saturated heterocycles. The second kappa shape index (κ2) is 7.99. The number of fused-ring (bicyclic) bond motifs is 1. The number of aryl methyl sites for hydroxylation is 2. The van der Waals surface area contributed by atoms with Crippen molar-refractivity contribution in [3.8, 4) is 23.0 Å². The van der Waals surface area contributed by atoms with Gasteiger partial charge in [-0.1, -0.05) is 24.3 Å². The van der Waals surface area contributed by atoms with Crippen molar-refractivity contribution < 1.29 is 19.1 Å². The maximum Gasteiger partial charge on any atom is 0.226 e. The Labute approximate surface area is 169 Å². The lowest BCUT2D eigenvalue weighted by Crippen LogP contribution is -2.24. The summed E-state index contributed by atoms with van der Waals surface area (Å²) in [4.78, 5) is 17.0. The van der Waals surface area contributed by atoms with Gasteiger partial charge in [-0.3, -0.25) is 4.79 Å². The van der Waals surface area contributed by atoms with E-state index in [-0.39, 0.29) is 17.6 Å². The standard InChI is InChI=1S/C23H24N2O4/c1-14-19(25-23(29-14)17-9-10-21(28-2)20(26)11-17)13-24-22(27)12-16-8-7-15-5-3-4-6-18(15)16/h3-6,9-11,16,26H,7-8,12-13H2,1-2H3,(H,24,27). The number of methoxy groups -OCH3 is 1. The van der Waals surface area contributed by atoms with Crippen LogP contribution in [0.3, 0.4) is 0 Å². The summed E-state index contributed by atoms with van der Waals surface area (Å²) in [6.07, 6.45) is 2.53. The van der Waals surface area contributed by atoms with Crippen LogP contribution in [-0.2, 0) is 17.8 Å². The zero-order valence-corrected chi connectivity index (χ0v) is 16.6. The number of oxazole rings is 1. The van der Waals surface area contributed by atoms with Crippen LogP contribution in [0.1, 0.15) is 41.3 Å². The molecule has 2 aromatic carbocycles. The predicted octanol–water partition coefficient (Wildman–Crippen LogP) is 4.10. The molecule has 2 N–H and O–H groups in total. The lowest BCUT2D eigenvalue weighted by atomic mass is 9.97. The van der Waals surface area contributed by atoms with Crippen molar-refractivity contribution in [2.24, 2.45) is 0 Å². The molecule has 4 rings (SSSR count). The van der Waals surface area contributed by atoms with Gasteiger partial charge in [0, 0.05) is 12.0 Å². The first-order valence-corrected chi connectivity index (χ1v) is 9.73. The van der Waals surface area contributed by atoms with E-state index in [1.165, 1.54) is 18.2 Å². The van der Waals surface area contributed by atoms with Crippen LogP contribution in [0.5, 0.6) is 11.5 Å². The Bertz CT molecular complexity index is 1040. The number of nitrogens with zero attached hydrogens (tertiary/aromatic N) is 1. The summed E-state index contributed by atoms with van der Waals surface area (Å²) in [5, 5.41) is 12.9. The lowest BCUT2D eigenvalue weighted by Gasteiger charge is -2.11. The van der Waals surface area contributed by atoms with E-state index in [4.69, 9.17) is 9.15 Å². The van der Waals surface area contributed by atoms with Crippen LogP contribution in [-0.4, -0.2) is 23.1 Å². The zero-order chi connectivity index (χ0) is 20.4. The fourth-order valence-corrected chi connectivity index (χ4v) is 3.87. The molecule has 6 heteroatoms. The number of hydrogen-bond donors (Lipinski definition) is 2. The van der Waals surface area contributed by atoms with Gasteiger partial charge < -0.3 is 19.6 Å². The zero-order valence-electron chi connectivity index (χ0n) is 16.6. The van der Waals surface area contributed by atoms with Crippen molar-refractivity contribution in [2.45, 2.75) is 38.6 Å². The van der Waals surface area contributed by atoms with Gasteiger partial charge >= 0.3 is 0 Å². The third kappa shape index (κ3) is 3.97. The highest BCUT2D eigenvalue weighted by Gasteiger charge is 2.24. The Hall–Kier alpha value is -3.28. The maximum absolute atomic E-state index is 12.5. The first-order chi connectivity index (χ1) is 14.0. The van der Waals surface area contributed by atoms with E-state index in [0.29, 0.717) is 41.6 Å². The summed E-state index contributed by atoms with van der Waals surface area (Å²) in [6, 6.07) is 13.3. The smallest absolute Gasteiger partial charge is 0.226 e. The van der Waals surface area contributed by atoms with Crippen molar-refractivity contribution >= 4 is 5.91 Å². The van der Waals surface area contributed by atoms with Crippen molar-refractivity contribution in [3.63, 3.8) is 0 Å². The maximum atomic E-state index is 12.5. The fourth-order valence-electron chi connectivity index (χ4n) is 3.87. The lowest BCUT2D eigenvalue weighted by molar-refractivity contribution is -0.121.